The summed E-state index contributed by atoms with van der Waals surface area (Å²) in [6, 6.07) is 0. The van der Waals surface area contributed by atoms with Crippen molar-refractivity contribution in [1.29, 1.82) is 0 Å². The number of likely N-dealkylation sites (tertiary alicyclic amines) is 1. The van der Waals surface area contributed by atoms with E-state index in [4.69, 9.17) is 5.73 Å². The molecule has 126 valence electrons. The van der Waals surface area contributed by atoms with Crippen LogP contribution in [0.1, 0.15) is 41.0 Å². The van der Waals surface area contributed by atoms with Gasteiger partial charge in [-0.1, -0.05) is 34.6 Å². The van der Waals surface area contributed by atoms with Crippen LogP contribution in [0, 0.1) is 17.3 Å². The van der Waals surface area contributed by atoms with Gasteiger partial charge in [-0.2, -0.15) is 0 Å². The SMILES string of the molecule is CC(C)CN(CC(C)C)C(=O)CN1CCC(C)(CN)C1.Cl. The molecule has 1 atom stereocenters. The molecule has 1 saturated heterocycles. The molecule has 0 radical (unpaired) electrons. The molecular weight excluding hydrogens is 286 g/mol. The molecule has 1 fully saturated rings. The number of hydrogen-bond donors (Lipinski definition) is 1. The molecular formula is C16H34ClN3O. The predicted octanol–water partition coefficient (Wildman–Crippen LogP) is 2.22. The fourth-order valence-electron chi connectivity index (χ4n) is 2.88. The summed E-state index contributed by atoms with van der Waals surface area (Å²) in [6.07, 6.45) is 1.10. The van der Waals surface area contributed by atoms with Gasteiger partial charge in [-0.05, 0) is 36.8 Å². The monoisotopic (exact) mass is 319 g/mol. The zero-order valence-corrected chi connectivity index (χ0v) is 15.2. The topological polar surface area (TPSA) is 49.6 Å². The maximum atomic E-state index is 12.5. The first-order valence-electron chi connectivity index (χ1n) is 7.96. The third kappa shape index (κ3) is 6.98. The maximum absolute atomic E-state index is 12.5. The molecule has 0 aromatic heterocycles. The quantitative estimate of drug-likeness (QED) is 0.783. The Morgan fingerprint density at radius 2 is 1.76 bits per heavy atom. The number of nitrogens with zero attached hydrogens (tertiary/aromatic N) is 2. The maximum Gasteiger partial charge on any atom is 0.236 e. The van der Waals surface area contributed by atoms with E-state index >= 15 is 0 Å². The molecule has 2 N–H and O–H groups in total. The highest BCUT2D eigenvalue weighted by molar-refractivity contribution is 5.85. The summed E-state index contributed by atoms with van der Waals surface area (Å²) in [4.78, 5) is 16.8. The molecule has 1 aliphatic rings. The highest BCUT2D eigenvalue weighted by atomic mass is 35.5. The molecule has 21 heavy (non-hydrogen) atoms. The van der Waals surface area contributed by atoms with Crippen LogP contribution in [0.4, 0.5) is 0 Å². The highest BCUT2D eigenvalue weighted by Crippen LogP contribution is 2.28. The van der Waals surface area contributed by atoms with Gasteiger partial charge in [-0.15, -0.1) is 12.4 Å². The first-order chi connectivity index (χ1) is 9.25. The minimum Gasteiger partial charge on any atom is -0.341 e. The van der Waals surface area contributed by atoms with Crippen molar-refractivity contribution in [3.63, 3.8) is 0 Å². The van der Waals surface area contributed by atoms with Crippen molar-refractivity contribution in [2.75, 3.05) is 39.3 Å². The molecule has 1 amide bonds. The van der Waals surface area contributed by atoms with Gasteiger partial charge in [0.2, 0.25) is 5.91 Å². The third-order valence-corrected chi connectivity index (χ3v) is 4.01. The minimum absolute atomic E-state index is 0. The van der Waals surface area contributed by atoms with Crippen molar-refractivity contribution in [3.05, 3.63) is 0 Å². The smallest absolute Gasteiger partial charge is 0.236 e. The van der Waals surface area contributed by atoms with Crippen molar-refractivity contribution >= 4 is 18.3 Å². The molecule has 4 nitrogen and oxygen atoms in total. The lowest BCUT2D eigenvalue weighted by molar-refractivity contribution is -0.133. The Balaban J connectivity index is 0.00000400. The van der Waals surface area contributed by atoms with Crippen LogP contribution in [0.25, 0.3) is 0 Å². The Hall–Kier alpha value is -0.320. The number of halogens is 1. The van der Waals surface area contributed by atoms with Gasteiger partial charge in [-0.3, -0.25) is 9.69 Å². The van der Waals surface area contributed by atoms with E-state index in [1.165, 1.54) is 0 Å². The molecule has 0 aromatic rings. The first kappa shape index (κ1) is 20.7. The molecule has 5 heteroatoms. The number of nitrogens with two attached hydrogens (primary N) is 1. The summed E-state index contributed by atoms with van der Waals surface area (Å²) in [5.74, 6) is 1.31. The second-order valence-corrected chi connectivity index (χ2v) is 7.56. The largest absolute Gasteiger partial charge is 0.341 e. The van der Waals surface area contributed by atoms with E-state index < -0.39 is 0 Å². The van der Waals surface area contributed by atoms with Crippen molar-refractivity contribution in [3.8, 4) is 0 Å². The van der Waals surface area contributed by atoms with Crippen LogP contribution in [0.2, 0.25) is 0 Å². The molecule has 0 spiro atoms. The summed E-state index contributed by atoms with van der Waals surface area (Å²) in [6.45, 7) is 15.8. The van der Waals surface area contributed by atoms with E-state index in [9.17, 15) is 4.79 Å². The number of rotatable bonds is 7. The van der Waals surface area contributed by atoms with E-state index in [1.807, 2.05) is 4.90 Å². The van der Waals surface area contributed by atoms with Gasteiger partial charge in [0.1, 0.15) is 0 Å². The number of carbonyl (C=O) groups is 1. The molecule has 0 aromatic carbocycles. The van der Waals surface area contributed by atoms with Gasteiger partial charge < -0.3 is 10.6 Å². The summed E-state index contributed by atoms with van der Waals surface area (Å²) < 4.78 is 0. The second-order valence-electron chi connectivity index (χ2n) is 7.56. The van der Waals surface area contributed by atoms with Crippen molar-refractivity contribution in [2.24, 2.45) is 23.0 Å². The van der Waals surface area contributed by atoms with E-state index in [0.29, 0.717) is 24.9 Å². The molecule has 1 rings (SSSR count). The number of amides is 1. The summed E-state index contributed by atoms with van der Waals surface area (Å²) in [5, 5.41) is 0. The van der Waals surface area contributed by atoms with Crippen molar-refractivity contribution in [1.82, 2.24) is 9.80 Å². The fraction of sp³-hybridized carbons (Fsp3) is 0.938. The van der Waals surface area contributed by atoms with Crippen LogP contribution in [0.3, 0.4) is 0 Å². The minimum atomic E-state index is 0. The number of hydrogen-bond acceptors (Lipinski definition) is 3. The van der Waals surface area contributed by atoms with Gasteiger partial charge in [0.25, 0.3) is 0 Å². The molecule has 0 bridgehead atoms. The van der Waals surface area contributed by atoms with E-state index in [-0.39, 0.29) is 23.7 Å². The van der Waals surface area contributed by atoms with Gasteiger partial charge in [0, 0.05) is 19.6 Å². The van der Waals surface area contributed by atoms with Crippen LogP contribution in [-0.2, 0) is 4.79 Å². The zero-order valence-electron chi connectivity index (χ0n) is 14.4. The molecule has 1 aliphatic heterocycles. The van der Waals surface area contributed by atoms with Crippen molar-refractivity contribution in [2.45, 2.75) is 41.0 Å². The van der Waals surface area contributed by atoms with Crippen LogP contribution in [-0.4, -0.2) is 55.0 Å². The highest BCUT2D eigenvalue weighted by Gasteiger charge is 2.33. The molecule has 0 aliphatic carbocycles. The van der Waals surface area contributed by atoms with E-state index in [1.54, 1.807) is 0 Å². The first-order valence-corrected chi connectivity index (χ1v) is 7.96. The standard InChI is InChI=1S/C16H33N3O.ClH/c1-13(2)8-19(9-14(3)4)15(20)10-18-7-6-16(5,11-17)12-18;/h13-14H,6-12,17H2,1-5H3;1H. The summed E-state index contributed by atoms with van der Waals surface area (Å²) in [5.41, 5.74) is 6.03. The van der Waals surface area contributed by atoms with Crippen LogP contribution < -0.4 is 5.73 Å². The van der Waals surface area contributed by atoms with E-state index in [0.717, 1.165) is 32.6 Å². The predicted molar refractivity (Wildman–Crippen MR) is 91.7 cm³/mol. The summed E-state index contributed by atoms with van der Waals surface area (Å²) in [7, 11) is 0. The lowest BCUT2D eigenvalue weighted by atomic mass is 9.90. The molecule has 1 heterocycles. The van der Waals surface area contributed by atoms with Crippen LogP contribution in [0.15, 0.2) is 0 Å². The van der Waals surface area contributed by atoms with Gasteiger partial charge in [-0.25, -0.2) is 0 Å². The van der Waals surface area contributed by atoms with Gasteiger partial charge in [0.05, 0.1) is 6.54 Å². The Morgan fingerprint density at radius 1 is 1.24 bits per heavy atom. The van der Waals surface area contributed by atoms with Gasteiger partial charge in [0.15, 0.2) is 0 Å². The Bertz CT molecular complexity index is 313. The lowest BCUT2D eigenvalue weighted by Gasteiger charge is -2.29. The lowest BCUT2D eigenvalue weighted by Crippen LogP contribution is -2.43. The second kappa shape index (κ2) is 8.96. The Morgan fingerprint density at radius 3 is 2.14 bits per heavy atom. The average Bonchev–Trinajstić information content (AvgIpc) is 2.69. The van der Waals surface area contributed by atoms with Crippen molar-refractivity contribution < 1.29 is 4.79 Å². The zero-order chi connectivity index (χ0) is 15.3. The number of carbonyl (C=O) groups excluding carboxylic acids is 1. The van der Waals surface area contributed by atoms with Crippen LogP contribution >= 0.6 is 12.4 Å². The molecule has 1 unspecified atom stereocenters. The average molecular weight is 320 g/mol. The normalized spacial score (nSPS) is 22.7. The fourth-order valence-corrected chi connectivity index (χ4v) is 2.88. The molecule has 0 saturated carbocycles. The summed E-state index contributed by atoms with van der Waals surface area (Å²) >= 11 is 0. The third-order valence-electron chi connectivity index (χ3n) is 4.01. The van der Waals surface area contributed by atoms with Gasteiger partial charge >= 0.3 is 0 Å². The Kier molecular flexibility index (Phi) is 8.83. The van der Waals surface area contributed by atoms with Crippen LogP contribution in [0.5, 0.6) is 0 Å². The van der Waals surface area contributed by atoms with E-state index in [2.05, 4.69) is 39.5 Å². The Labute approximate surface area is 136 Å².